The smallest absolute Gasteiger partial charge is 0.348 e. The third-order valence-electron chi connectivity index (χ3n) is 2.21. The van der Waals surface area contributed by atoms with E-state index < -0.39 is 10.6 Å². The van der Waals surface area contributed by atoms with Gasteiger partial charge in [0.2, 0.25) is 0 Å². The number of aromatic nitrogens is 2. The fraction of sp³-hybridized carbons (Fsp3) is 0.600. The van der Waals surface area contributed by atoms with E-state index in [4.69, 9.17) is 4.74 Å². The fourth-order valence-electron chi connectivity index (χ4n) is 1.31. The van der Waals surface area contributed by atoms with Gasteiger partial charge in [-0.25, -0.2) is 4.79 Å². The molecule has 0 saturated carbocycles. The highest BCUT2D eigenvalue weighted by atomic mass is 16.6. The van der Waals surface area contributed by atoms with E-state index in [9.17, 15) is 14.9 Å². The Kier molecular flexibility index (Phi) is 5.95. The lowest BCUT2D eigenvalue weighted by Gasteiger charge is -2.06. The number of hydrogen-bond acceptors (Lipinski definition) is 6. The van der Waals surface area contributed by atoms with Crippen molar-refractivity contribution in [3.63, 3.8) is 0 Å². The molecule has 0 spiro atoms. The van der Waals surface area contributed by atoms with Crippen LogP contribution in [0.15, 0.2) is 17.2 Å². The van der Waals surface area contributed by atoms with Gasteiger partial charge in [0.05, 0.1) is 17.7 Å². The van der Waals surface area contributed by atoms with Crippen molar-refractivity contribution in [3.8, 4) is 0 Å². The Bertz CT molecular complexity index is 446. The van der Waals surface area contributed by atoms with Crippen molar-refractivity contribution in [1.82, 2.24) is 14.9 Å². The van der Waals surface area contributed by atoms with E-state index in [0.717, 1.165) is 6.20 Å². The van der Waals surface area contributed by atoms with Gasteiger partial charge in [0.15, 0.2) is 0 Å². The summed E-state index contributed by atoms with van der Waals surface area (Å²) in [6, 6.07) is 0. The minimum atomic E-state index is -0.578. The molecule has 0 aromatic carbocycles. The molecule has 1 N–H and O–H groups in total. The summed E-state index contributed by atoms with van der Waals surface area (Å²) in [5.74, 6) is 0. The molecule has 1 aromatic rings. The lowest BCUT2D eigenvalue weighted by Crippen LogP contribution is -2.29. The van der Waals surface area contributed by atoms with Crippen LogP contribution in [-0.2, 0) is 11.3 Å². The van der Waals surface area contributed by atoms with E-state index in [1.54, 1.807) is 0 Å². The number of ether oxygens (including phenoxy) is 1. The van der Waals surface area contributed by atoms with Crippen molar-refractivity contribution < 1.29 is 9.66 Å². The zero-order valence-electron chi connectivity index (χ0n) is 10.2. The molecule has 0 aliphatic carbocycles. The molecule has 0 bridgehead atoms. The summed E-state index contributed by atoms with van der Waals surface area (Å²) in [6.45, 7) is 4.70. The van der Waals surface area contributed by atoms with Crippen LogP contribution in [0.1, 0.15) is 6.92 Å². The Hall–Kier alpha value is -1.80. The Labute approximate surface area is 104 Å². The summed E-state index contributed by atoms with van der Waals surface area (Å²) in [6.07, 6.45) is 2.15. The quantitative estimate of drug-likeness (QED) is 0.392. The van der Waals surface area contributed by atoms with Crippen molar-refractivity contribution in [1.29, 1.82) is 0 Å². The molecular weight excluding hydrogens is 240 g/mol. The minimum absolute atomic E-state index is 0.191. The van der Waals surface area contributed by atoms with Gasteiger partial charge in [-0.15, -0.1) is 0 Å². The second kappa shape index (κ2) is 7.51. The molecule has 0 saturated heterocycles. The first kappa shape index (κ1) is 14.3. The molecule has 0 aliphatic rings. The topological polar surface area (TPSA) is 99.3 Å². The zero-order chi connectivity index (χ0) is 13.4. The van der Waals surface area contributed by atoms with E-state index in [1.807, 2.05) is 6.92 Å². The van der Waals surface area contributed by atoms with Gasteiger partial charge in [-0.2, -0.15) is 4.98 Å². The Morgan fingerprint density at radius 3 is 3.00 bits per heavy atom. The predicted octanol–water partition coefficient (Wildman–Crippen LogP) is -0.222. The summed E-state index contributed by atoms with van der Waals surface area (Å²) in [5, 5.41) is 13.6. The standard InChI is InChI=1S/C10H16N4O4/c1-2-18-6-4-11-3-5-13-8-9(14(16)17)7-12-10(13)15/h7-8,11H,2-6H2,1H3. The lowest BCUT2D eigenvalue weighted by atomic mass is 10.5. The summed E-state index contributed by atoms with van der Waals surface area (Å²) in [4.78, 5) is 24.7. The normalized spacial score (nSPS) is 10.5. The lowest BCUT2D eigenvalue weighted by molar-refractivity contribution is -0.385. The molecule has 8 heteroatoms. The maximum absolute atomic E-state index is 11.3. The molecule has 8 nitrogen and oxygen atoms in total. The van der Waals surface area contributed by atoms with Gasteiger partial charge in [-0.3, -0.25) is 14.7 Å². The highest BCUT2D eigenvalue weighted by Crippen LogP contribution is 2.03. The number of nitrogens with zero attached hydrogens (tertiary/aromatic N) is 3. The van der Waals surface area contributed by atoms with E-state index in [-0.39, 0.29) is 5.69 Å². The Balaban J connectivity index is 2.44. The van der Waals surface area contributed by atoms with E-state index in [1.165, 1.54) is 10.8 Å². The van der Waals surface area contributed by atoms with Crippen LogP contribution >= 0.6 is 0 Å². The first-order chi connectivity index (χ1) is 8.65. The average Bonchev–Trinajstić information content (AvgIpc) is 2.35. The second-order valence-corrected chi connectivity index (χ2v) is 3.49. The van der Waals surface area contributed by atoms with E-state index in [0.29, 0.717) is 32.8 Å². The van der Waals surface area contributed by atoms with Crippen LogP contribution in [0.3, 0.4) is 0 Å². The SMILES string of the molecule is CCOCCNCCn1cc([N+](=O)[O-])cnc1=O. The highest BCUT2D eigenvalue weighted by Gasteiger charge is 2.08. The second-order valence-electron chi connectivity index (χ2n) is 3.49. The van der Waals surface area contributed by atoms with Crippen LogP contribution in [-0.4, -0.2) is 40.8 Å². The monoisotopic (exact) mass is 256 g/mol. The highest BCUT2D eigenvalue weighted by molar-refractivity contribution is 5.20. The maximum atomic E-state index is 11.3. The van der Waals surface area contributed by atoms with Crippen molar-refractivity contribution in [2.75, 3.05) is 26.3 Å². The summed E-state index contributed by atoms with van der Waals surface area (Å²) in [5.41, 5.74) is -0.684. The first-order valence-corrected chi connectivity index (χ1v) is 5.64. The summed E-state index contributed by atoms with van der Waals surface area (Å²) in [7, 11) is 0. The van der Waals surface area contributed by atoms with Gasteiger partial charge < -0.3 is 10.1 Å². The van der Waals surface area contributed by atoms with E-state index in [2.05, 4.69) is 10.3 Å². The van der Waals surface area contributed by atoms with Gasteiger partial charge >= 0.3 is 11.4 Å². The molecule has 1 rings (SSSR count). The molecule has 0 atom stereocenters. The zero-order valence-corrected chi connectivity index (χ0v) is 10.2. The molecular formula is C10H16N4O4. The Morgan fingerprint density at radius 2 is 2.33 bits per heavy atom. The fourth-order valence-corrected chi connectivity index (χ4v) is 1.31. The number of hydrogen-bond donors (Lipinski definition) is 1. The maximum Gasteiger partial charge on any atom is 0.348 e. The molecule has 0 fully saturated rings. The van der Waals surface area contributed by atoms with Crippen molar-refractivity contribution in [2.45, 2.75) is 13.5 Å². The minimum Gasteiger partial charge on any atom is -0.380 e. The van der Waals surface area contributed by atoms with Crippen LogP contribution in [0, 0.1) is 10.1 Å². The number of rotatable bonds is 8. The van der Waals surface area contributed by atoms with Gasteiger partial charge in [0, 0.05) is 26.2 Å². The van der Waals surface area contributed by atoms with Gasteiger partial charge in [-0.05, 0) is 6.92 Å². The summed E-state index contributed by atoms with van der Waals surface area (Å²) >= 11 is 0. The van der Waals surface area contributed by atoms with Gasteiger partial charge in [-0.1, -0.05) is 0 Å². The molecule has 1 heterocycles. The molecule has 0 amide bonds. The van der Waals surface area contributed by atoms with Crippen molar-refractivity contribution in [3.05, 3.63) is 33.0 Å². The average molecular weight is 256 g/mol. The number of nitro groups is 1. The molecule has 18 heavy (non-hydrogen) atoms. The molecule has 0 aliphatic heterocycles. The third kappa shape index (κ3) is 4.60. The summed E-state index contributed by atoms with van der Waals surface area (Å²) < 4.78 is 6.34. The van der Waals surface area contributed by atoms with Gasteiger partial charge in [0.25, 0.3) is 0 Å². The molecule has 0 unspecified atom stereocenters. The largest absolute Gasteiger partial charge is 0.380 e. The van der Waals surface area contributed by atoms with Crippen LogP contribution in [0.2, 0.25) is 0 Å². The van der Waals surface area contributed by atoms with Crippen LogP contribution < -0.4 is 11.0 Å². The number of nitrogens with one attached hydrogen (secondary N) is 1. The van der Waals surface area contributed by atoms with Gasteiger partial charge in [0.1, 0.15) is 6.20 Å². The van der Waals surface area contributed by atoms with Crippen LogP contribution in [0.4, 0.5) is 5.69 Å². The molecule has 0 radical (unpaired) electrons. The molecule has 100 valence electrons. The van der Waals surface area contributed by atoms with Crippen molar-refractivity contribution >= 4 is 5.69 Å². The Morgan fingerprint density at radius 1 is 1.56 bits per heavy atom. The van der Waals surface area contributed by atoms with E-state index >= 15 is 0 Å². The van der Waals surface area contributed by atoms with Crippen LogP contribution in [0.25, 0.3) is 0 Å². The molecule has 1 aromatic heterocycles. The predicted molar refractivity (Wildman–Crippen MR) is 64.5 cm³/mol. The van der Waals surface area contributed by atoms with Crippen molar-refractivity contribution in [2.24, 2.45) is 0 Å². The third-order valence-corrected chi connectivity index (χ3v) is 2.21. The first-order valence-electron chi connectivity index (χ1n) is 5.64. The van der Waals surface area contributed by atoms with Crippen LogP contribution in [0.5, 0.6) is 0 Å².